The monoisotopic (exact) mass is 378 g/mol. The molecule has 6 unspecified atom stereocenters. The third-order valence-electron chi connectivity index (χ3n) is 10.9. The van der Waals surface area contributed by atoms with Gasteiger partial charge in [-0.2, -0.15) is 0 Å². The van der Waals surface area contributed by atoms with Crippen molar-refractivity contribution in [3.05, 3.63) is 34.9 Å². The van der Waals surface area contributed by atoms with Gasteiger partial charge in [0.25, 0.3) is 0 Å². The average molecular weight is 379 g/mol. The Morgan fingerprint density at radius 3 is 2.25 bits per heavy atom. The molecule has 1 aromatic carbocycles. The van der Waals surface area contributed by atoms with Gasteiger partial charge in [0, 0.05) is 0 Å². The predicted octanol–water partition coefficient (Wildman–Crippen LogP) is 7.86. The summed E-state index contributed by atoms with van der Waals surface area (Å²) in [7, 11) is 0. The first-order valence-electron chi connectivity index (χ1n) is 12.2. The summed E-state index contributed by atoms with van der Waals surface area (Å²) < 4.78 is 0. The van der Waals surface area contributed by atoms with Gasteiger partial charge in [0.05, 0.1) is 0 Å². The van der Waals surface area contributed by atoms with Crippen LogP contribution in [-0.4, -0.2) is 0 Å². The summed E-state index contributed by atoms with van der Waals surface area (Å²) in [6.45, 7) is 15.5. The van der Waals surface area contributed by atoms with Gasteiger partial charge in [-0.25, -0.2) is 0 Å². The molecular weight excluding hydrogens is 336 g/mol. The SMILES string of the molecule is Cc1ccc2c(c1)CCC1C2(C)CCC2C3(C)CCCC(C)(C)C3CCC12C. The fraction of sp³-hybridized carbons (Fsp3) is 0.786. The van der Waals surface area contributed by atoms with E-state index in [-0.39, 0.29) is 0 Å². The van der Waals surface area contributed by atoms with Crippen molar-refractivity contribution in [1.29, 1.82) is 0 Å². The van der Waals surface area contributed by atoms with Crippen LogP contribution in [-0.2, 0) is 11.8 Å². The maximum atomic E-state index is 2.74. The Labute approximate surface area is 173 Å². The number of hydrogen-bond donors (Lipinski definition) is 0. The Morgan fingerprint density at radius 2 is 1.46 bits per heavy atom. The lowest BCUT2D eigenvalue weighted by molar-refractivity contribution is -0.181. The number of hydrogen-bond acceptors (Lipinski definition) is 0. The van der Waals surface area contributed by atoms with Crippen LogP contribution < -0.4 is 0 Å². The molecule has 154 valence electrons. The molecule has 5 rings (SSSR count). The summed E-state index contributed by atoms with van der Waals surface area (Å²) >= 11 is 0. The second-order valence-electron chi connectivity index (χ2n) is 12.7. The number of fused-ring (bicyclic) bond motifs is 7. The van der Waals surface area contributed by atoms with Crippen LogP contribution in [0, 0.1) is 40.9 Å². The van der Waals surface area contributed by atoms with Gasteiger partial charge in [-0.3, -0.25) is 0 Å². The minimum absolute atomic E-state index is 0.403. The summed E-state index contributed by atoms with van der Waals surface area (Å²) in [5, 5.41) is 0. The second-order valence-corrected chi connectivity index (χ2v) is 12.7. The zero-order valence-electron chi connectivity index (χ0n) is 19.3. The fourth-order valence-corrected chi connectivity index (χ4v) is 9.87. The summed E-state index contributed by atoms with van der Waals surface area (Å²) in [6, 6.07) is 7.38. The molecular formula is C28H42. The molecule has 28 heavy (non-hydrogen) atoms. The van der Waals surface area contributed by atoms with Crippen molar-refractivity contribution in [3.8, 4) is 0 Å². The molecule has 0 nitrogen and oxygen atoms in total. The molecule has 0 saturated heterocycles. The van der Waals surface area contributed by atoms with E-state index in [0.29, 0.717) is 21.7 Å². The maximum absolute atomic E-state index is 2.74. The molecule has 0 bridgehead atoms. The van der Waals surface area contributed by atoms with E-state index < -0.39 is 0 Å². The molecule has 6 atom stereocenters. The molecule has 4 aliphatic rings. The van der Waals surface area contributed by atoms with E-state index in [2.05, 4.69) is 59.7 Å². The summed E-state index contributed by atoms with van der Waals surface area (Å²) in [4.78, 5) is 0. The molecule has 0 heteroatoms. The molecule has 3 fully saturated rings. The van der Waals surface area contributed by atoms with Gasteiger partial charge >= 0.3 is 0 Å². The first-order valence-corrected chi connectivity index (χ1v) is 12.2. The van der Waals surface area contributed by atoms with Gasteiger partial charge in [0.1, 0.15) is 0 Å². The highest BCUT2D eigenvalue weighted by atomic mass is 14.7. The Kier molecular flexibility index (Phi) is 4.04. The van der Waals surface area contributed by atoms with Crippen LogP contribution >= 0.6 is 0 Å². The molecule has 0 spiro atoms. The quantitative estimate of drug-likeness (QED) is 0.431. The number of rotatable bonds is 0. The van der Waals surface area contributed by atoms with Crippen molar-refractivity contribution in [2.75, 3.05) is 0 Å². The van der Waals surface area contributed by atoms with Crippen LogP contribution in [0.3, 0.4) is 0 Å². The molecule has 0 aliphatic heterocycles. The topological polar surface area (TPSA) is 0 Å². The molecule has 0 aromatic heterocycles. The van der Waals surface area contributed by atoms with E-state index in [0.717, 1.165) is 17.8 Å². The van der Waals surface area contributed by atoms with Crippen molar-refractivity contribution < 1.29 is 0 Å². The zero-order chi connectivity index (χ0) is 19.9. The highest BCUT2D eigenvalue weighted by Crippen LogP contribution is 2.72. The molecule has 4 aliphatic carbocycles. The maximum Gasteiger partial charge on any atom is -0.00388 e. The first-order chi connectivity index (χ1) is 13.1. The second kappa shape index (κ2) is 5.89. The highest BCUT2D eigenvalue weighted by molar-refractivity contribution is 5.41. The first kappa shape index (κ1) is 19.2. The summed E-state index contributed by atoms with van der Waals surface area (Å²) in [6.07, 6.45) is 12.9. The molecule has 1 aromatic rings. The summed E-state index contributed by atoms with van der Waals surface area (Å²) in [5.41, 5.74) is 6.88. The van der Waals surface area contributed by atoms with Crippen molar-refractivity contribution in [2.45, 2.75) is 105 Å². The van der Waals surface area contributed by atoms with Crippen LogP contribution in [0.2, 0.25) is 0 Å². The van der Waals surface area contributed by atoms with E-state index in [1.54, 1.807) is 11.1 Å². The molecule has 0 N–H and O–H groups in total. The summed E-state index contributed by atoms with van der Waals surface area (Å²) in [5.74, 6) is 2.75. The van der Waals surface area contributed by atoms with Gasteiger partial charge in [0.2, 0.25) is 0 Å². The van der Waals surface area contributed by atoms with Crippen molar-refractivity contribution in [3.63, 3.8) is 0 Å². The third kappa shape index (κ3) is 2.36. The van der Waals surface area contributed by atoms with E-state index in [1.807, 2.05) is 0 Å². The molecule has 3 saturated carbocycles. The Morgan fingerprint density at radius 1 is 0.750 bits per heavy atom. The van der Waals surface area contributed by atoms with E-state index in [9.17, 15) is 0 Å². The molecule has 0 amide bonds. The van der Waals surface area contributed by atoms with Gasteiger partial charge in [-0.15, -0.1) is 0 Å². The third-order valence-corrected chi connectivity index (χ3v) is 10.9. The molecule has 0 heterocycles. The van der Waals surface area contributed by atoms with E-state index in [4.69, 9.17) is 0 Å². The van der Waals surface area contributed by atoms with Crippen molar-refractivity contribution >= 4 is 0 Å². The number of benzene rings is 1. The molecule has 0 radical (unpaired) electrons. The Balaban J connectivity index is 1.57. The average Bonchev–Trinajstić information content (AvgIpc) is 2.59. The van der Waals surface area contributed by atoms with Crippen LogP contribution in [0.4, 0.5) is 0 Å². The van der Waals surface area contributed by atoms with Crippen molar-refractivity contribution in [1.82, 2.24) is 0 Å². The number of aryl methyl sites for hydroxylation is 2. The Bertz CT molecular complexity index is 787. The van der Waals surface area contributed by atoms with Crippen LogP contribution in [0.15, 0.2) is 18.2 Å². The minimum atomic E-state index is 0.403. The van der Waals surface area contributed by atoms with Gasteiger partial charge < -0.3 is 0 Å². The van der Waals surface area contributed by atoms with Crippen LogP contribution in [0.25, 0.3) is 0 Å². The standard InChI is InChI=1S/C28H42/c1-19-8-10-21-20(18-19)9-11-23-26(21,4)16-13-24-27(5)15-7-14-25(2,3)22(27)12-17-28(23,24)6/h8,10,18,22-24H,7,9,11-17H2,1-6H3. The van der Waals surface area contributed by atoms with E-state index >= 15 is 0 Å². The largest absolute Gasteiger partial charge is 0.0596 e. The normalized spacial score (nSPS) is 46.7. The van der Waals surface area contributed by atoms with Crippen LogP contribution in [0.5, 0.6) is 0 Å². The van der Waals surface area contributed by atoms with Gasteiger partial charge in [0.15, 0.2) is 0 Å². The van der Waals surface area contributed by atoms with Gasteiger partial charge in [-0.1, -0.05) is 64.8 Å². The highest BCUT2D eigenvalue weighted by Gasteiger charge is 2.64. The van der Waals surface area contributed by atoms with Gasteiger partial charge in [-0.05, 0) is 109 Å². The minimum Gasteiger partial charge on any atom is -0.0596 e. The lowest BCUT2D eigenvalue weighted by Gasteiger charge is -2.69. The lowest BCUT2D eigenvalue weighted by atomic mass is 9.35. The smallest absolute Gasteiger partial charge is 0.00388 e. The fourth-order valence-electron chi connectivity index (χ4n) is 9.87. The zero-order valence-corrected chi connectivity index (χ0v) is 19.3. The van der Waals surface area contributed by atoms with Crippen molar-refractivity contribution in [2.24, 2.45) is 34.0 Å². The van der Waals surface area contributed by atoms with Crippen LogP contribution in [0.1, 0.15) is 103 Å². The Hall–Kier alpha value is -0.780. The van der Waals surface area contributed by atoms with E-state index in [1.165, 1.54) is 63.4 Å². The predicted molar refractivity (Wildman–Crippen MR) is 120 cm³/mol. The lowest BCUT2D eigenvalue weighted by Crippen LogP contribution is -2.62.